The van der Waals surface area contributed by atoms with Gasteiger partial charge in [-0.25, -0.2) is 18.4 Å². The quantitative estimate of drug-likeness (QED) is 0.455. The zero-order chi connectivity index (χ0) is 26.9. The number of carboxylic acids is 1. The van der Waals surface area contributed by atoms with E-state index in [4.69, 9.17) is 25.1 Å². The van der Waals surface area contributed by atoms with Crippen molar-refractivity contribution in [1.29, 1.82) is 0 Å². The summed E-state index contributed by atoms with van der Waals surface area (Å²) < 4.78 is 74.1. The third-order valence-corrected chi connectivity index (χ3v) is 5.79. The molecule has 1 aliphatic heterocycles. The third-order valence-electron chi connectivity index (χ3n) is 5.79. The first-order chi connectivity index (χ1) is 16.8. The molecule has 198 valence electrons. The summed E-state index contributed by atoms with van der Waals surface area (Å²) in [7, 11) is 1.50. The molecular formula is C22H24F5N3O6. The van der Waals surface area contributed by atoms with Gasteiger partial charge in [-0.1, -0.05) is 0 Å². The molecule has 0 spiro atoms. The Kier molecular flexibility index (Phi) is 7.88. The van der Waals surface area contributed by atoms with Crippen molar-refractivity contribution in [3.05, 3.63) is 39.7 Å². The number of esters is 1. The van der Waals surface area contributed by atoms with E-state index in [0.717, 1.165) is 18.9 Å². The van der Waals surface area contributed by atoms with Gasteiger partial charge in [0.05, 0.1) is 29.7 Å². The minimum Gasteiger partial charge on any atom is -0.475 e. The number of hydrogen-bond acceptors (Lipinski definition) is 7. The number of carbonyl (C=O) groups is 2. The molecule has 4 rings (SSSR count). The van der Waals surface area contributed by atoms with Crippen LogP contribution in [0.15, 0.2) is 17.1 Å². The van der Waals surface area contributed by atoms with Crippen LogP contribution in [0.25, 0.3) is 10.9 Å². The number of halogens is 5. The van der Waals surface area contributed by atoms with Crippen LogP contribution in [0, 0.1) is 11.6 Å². The predicted molar refractivity (Wildman–Crippen MR) is 117 cm³/mol. The number of rotatable bonds is 5. The van der Waals surface area contributed by atoms with Crippen molar-refractivity contribution in [3.63, 3.8) is 0 Å². The normalized spacial score (nSPS) is 19.7. The molecular weight excluding hydrogens is 497 g/mol. The van der Waals surface area contributed by atoms with E-state index in [9.17, 15) is 27.2 Å². The van der Waals surface area contributed by atoms with Crippen LogP contribution < -0.4 is 16.1 Å². The topological polar surface area (TPSA) is 124 Å². The van der Waals surface area contributed by atoms with Crippen molar-refractivity contribution in [2.24, 2.45) is 5.73 Å². The molecule has 2 aliphatic rings. The lowest BCUT2D eigenvalue weighted by molar-refractivity contribution is -0.192. The van der Waals surface area contributed by atoms with Crippen molar-refractivity contribution in [2.45, 2.75) is 44.1 Å². The first-order valence-corrected chi connectivity index (χ1v) is 10.9. The van der Waals surface area contributed by atoms with Crippen LogP contribution in [0.5, 0.6) is 0 Å². The average Bonchev–Trinajstić information content (AvgIpc) is 3.56. The summed E-state index contributed by atoms with van der Waals surface area (Å²) in [5.41, 5.74) is 4.81. The highest BCUT2D eigenvalue weighted by Gasteiger charge is 2.38. The van der Waals surface area contributed by atoms with Crippen LogP contribution in [0.2, 0.25) is 0 Å². The van der Waals surface area contributed by atoms with Crippen molar-refractivity contribution in [3.8, 4) is 0 Å². The lowest BCUT2D eigenvalue weighted by atomic mass is 10.1. The highest BCUT2D eigenvalue weighted by molar-refractivity contribution is 5.95. The van der Waals surface area contributed by atoms with Gasteiger partial charge in [0.15, 0.2) is 5.82 Å². The van der Waals surface area contributed by atoms with E-state index in [1.807, 2.05) is 0 Å². The summed E-state index contributed by atoms with van der Waals surface area (Å²) in [5.74, 6) is -5.26. The van der Waals surface area contributed by atoms with Gasteiger partial charge in [0.2, 0.25) is 5.43 Å². The number of fused-ring (bicyclic) bond motifs is 1. The van der Waals surface area contributed by atoms with Gasteiger partial charge in [0.25, 0.3) is 0 Å². The fourth-order valence-corrected chi connectivity index (χ4v) is 3.95. The Hall–Kier alpha value is -3.26. The number of ether oxygens (including phenoxy) is 2. The molecule has 1 aliphatic carbocycles. The summed E-state index contributed by atoms with van der Waals surface area (Å²) >= 11 is 0. The summed E-state index contributed by atoms with van der Waals surface area (Å²) in [5, 5.41) is 6.95. The molecule has 1 aromatic carbocycles. The van der Waals surface area contributed by atoms with Crippen LogP contribution in [0.1, 0.15) is 36.2 Å². The highest BCUT2D eigenvalue weighted by atomic mass is 19.4. The largest absolute Gasteiger partial charge is 0.490 e. The minimum atomic E-state index is -5.08. The van der Waals surface area contributed by atoms with Gasteiger partial charge in [-0.15, -0.1) is 0 Å². The smallest absolute Gasteiger partial charge is 0.475 e. The first-order valence-electron chi connectivity index (χ1n) is 10.9. The molecule has 1 saturated heterocycles. The van der Waals surface area contributed by atoms with Crippen LogP contribution in [0.4, 0.5) is 27.6 Å². The number of nitrogens with zero attached hydrogens (tertiary/aromatic N) is 2. The van der Waals surface area contributed by atoms with E-state index in [2.05, 4.69) is 0 Å². The molecule has 2 fully saturated rings. The van der Waals surface area contributed by atoms with Gasteiger partial charge < -0.3 is 29.8 Å². The Morgan fingerprint density at radius 1 is 1.22 bits per heavy atom. The maximum Gasteiger partial charge on any atom is 0.490 e. The second-order valence-electron chi connectivity index (χ2n) is 8.29. The number of hydrogen-bond donors (Lipinski definition) is 2. The Labute approximate surface area is 201 Å². The van der Waals surface area contributed by atoms with E-state index < -0.39 is 35.2 Å². The van der Waals surface area contributed by atoms with Crippen LogP contribution in [-0.2, 0) is 14.3 Å². The molecule has 0 radical (unpaired) electrons. The zero-order valence-electron chi connectivity index (χ0n) is 19.3. The van der Waals surface area contributed by atoms with Crippen LogP contribution >= 0.6 is 0 Å². The van der Waals surface area contributed by atoms with E-state index >= 15 is 4.39 Å². The molecule has 2 heterocycles. The number of anilines is 1. The standard InChI is InChI=1S/C20H23F2N3O4.C2HF3O2/c1-3-29-20(27)12-7-25(10-4-5-10)17-11(19(12)26)6-13(21)18(16(17)22)24-8-14(23)15(9-24)28-2;3-2(4,5)1(6)7/h6-7,10,14-15H,3-5,8-9,23H2,1-2H3;(H,6,7)/t14-,15+;/m0./s1. The van der Waals surface area contributed by atoms with Gasteiger partial charge in [-0.05, 0) is 25.8 Å². The molecule has 0 unspecified atom stereocenters. The fraction of sp³-hybridized carbons (Fsp3) is 0.500. The number of aromatic nitrogens is 1. The summed E-state index contributed by atoms with van der Waals surface area (Å²) in [6.45, 7) is 2.19. The number of methoxy groups -OCH3 is 1. The first kappa shape index (κ1) is 27.3. The predicted octanol–water partition coefficient (Wildman–Crippen LogP) is 2.59. The highest BCUT2D eigenvalue weighted by Crippen LogP contribution is 2.40. The second kappa shape index (κ2) is 10.4. The number of pyridine rings is 1. The van der Waals surface area contributed by atoms with Gasteiger partial charge >= 0.3 is 18.1 Å². The molecule has 1 aromatic heterocycles. The SMILES string of the molecule is CCOC(=O)c1cn(C2CC2)c2c(F)c(N3C[C@H](N)[C@H](OC)C3)c(F)cc2c1=O.O=C(O)C(F)(F)F. The van der Waals surface area contributed by atoms with Crippen molar-refractivity contribution in [2.75, 3.05) is 31.7 Å². The number of aliphatic carboxylic acids is 1. The van der Waals surface area contributed by atoms with Gasteiger partial charge in [-0.3, -0.25) is 4.79 Å². The van der Waals surface area contributed by atoms with E-state index in [0.29, 0.717) is 0 Å². The van der Waals surface area contributed by atoms with E-state index in [1.54, 1.807) is 11.5 Å². The lowest BCUT2D eigenvalue weighted by Gasteiger charge is -2.22. The van der Waals surface area contributed by atoms with Gasteiger partial charge in [-0.2, -0.15) is 13.2 Å². The monoisotopic (exact) mass is 521 g/mol. The number of carbonyl (C=O) groups excluding carboxylic acids is 1. The van der Waals surface area contributed by atoms with Crippen LogP contribution in [-0.4, -0.2) is 66.7 Å². The molecule has 2 aromatic rings. The molecule has 0 amide bonds. The molecule has 2 atom stereocenters. The Bertz CT molecular complexity index is 1230. The molecule has 36 heavy (non-hydrogen) atoms. The summed E-state index contributed by atoms with van der Waals surface area (Å²) in [4.78, 5) is 35.4. The third kappa shape index (κ3) is 5.43. The summed E-state index contributed by atoms with van der Waals surface area (Å²) in [6, 6.07) is 0.571. The number of nitrogens with two attached hydrogens (primary N) is 1. The summed E-state index contributed by atoms with van der Waals surface area (Å²) in [6.07, 6.45) is -2.53. The molecule has 14 heteroatoms. The second-order valence-corrected chi connectivity index (χ2v) is 8.29. The molecule has 9 nitrogen and oxygen atoms in total. The van der Waals surface area contributed by atoms with E-state index in [-0.39, 0.29) is 60.0 Å². The van der Waals surface area contributed by atoms with Gasteiger partial charge in [0, 0.05) is 32.4 Å². The Morgan fingerprint density at radius 2 is 1.83 bits per heavy atom. The lowest BCUT2D eigenvalue weighted by Crippen LogP contribution is -2.34. The fourth-order valence-electron chi connectivity index (χ4n) is 3.95. The number of carboxylic acid groups (broad SMARTS) is 1. The number of alkyl halides is 3. The maximum absolute atomic E-state index is 15.6. The Morgan fingerprint density at radius 3 is 2.31 bits per heavy atom. The molecule has 1 saturated carbocycles. The average molecular weight is 521 g/mol. The number of benzene rings is 1. The van der Waals surface area contributed by atoms with Crippen molar-refractivity contribution >= 4 is 28.5 Å². The van der Waals surface area contributed by atoms with E-state index in [1.165, 1.54) is 18.2 Å². The van der Waals surface area contributed by atoms with Gasteiger partial charge in [0.1, 0.15) is 17.1 Å². The van der Waals surface area contributed by atoms with Crippen molar-refractivity contribution in [1.82, 2.24) is 4.57 Å². The maximum atomic E-state index is 15.6. The molecule has 0 bridgehead atoms. The minimum absolute atomic E-state index is 0.00335. The molecule has 3 N–H and O–H groups in total. The Balaban J connectivity index is 0.000000454. The zero-order valence-corrected chi connectivity index (χ0v) is 19.3. The van der Waals surface area contributed by atoms with Crippen LogP contribution in [0.3, 0.4) is 0 Å². The van der Waals surface area contributed by atoms with Crippen molar-refractivity contribution < 1.29 is 46.1 Å².